The van der Waals surface area contributed by atoms with Crippen LogP contribution in [-0.4, -0.2) is 29.2 Å². The summed E-state index contributed by atoms with van der Waals surface area (Å²) in [6, 6.07) is -0.242. The Bertz CT molecular complexity index is 310. The van der Waals surface area contributed by atoms with Crippen molar-refractivity contribution >= 4 is 11.9 Å². The number of nitrogens with two attached hydrogens (primary N) is 1. The third-order valence-electron chi connectivity index (χ3n) is 3.69. The van der Waals surface area contributed by atoms with E-state index in [1.807, 2.05) is 6.92 Å². The van der Waals surface area contributed by atoms with E-state index in [0.29, 0.717) is 6.54 Å². The van der Waals surface area contributed by atoms with Crippen LogP contribution < -0.4 is 16.4 Å². The largest absolute Gasteiger partial charge is 0.409 e. The third kappa shape index (κ3) is 4.61. The summed E-state index contributed by atoms with van der Waals surface area (Å²) >= 11 is 0. The van der Waals surface area contributed by atoms with E-state index >= 15 is 0 Å². The summed E-state index contributed by atoms with van der Waals surface area (Å²) in [5, 5.41) is 17.8. The second-order valence-corrected chi connectivity index (χ2v) is 5.22. The lowest BCUT2D eigenvalue weighted by Gasteiger charge is -2.35. The summed E-state index contributed by atoms with van der Waals surface area (Å²) < 4.78 is 0. The molecule has 5 N–H and O–H groups in total. The van der Waals surface area contributed by atoms with Crippen molar-refractivity contribution in [1.29, 1.82) is 0 Å². The Morgan fingerprint density at radius 1 is 1.26 bits per heavy atom. The van der Waals surface area contributed by atoms with E-state index in [9.17, 15) is 4.79 Å². The molecule has 0 radical (unpaired) electrons. The van der Waals surface area contributed by atoms with Gasteiger partial charge >= 0.3 is 6.03 Å². The number of carbonyl (C=O) groups is 1. The topological polar surface area (TPSA) is 99.7 Å². The lowest BCUT2D eigenvalue weighted by molar-refractivity contribution is 0.225. The van der Waals surface area contributed by atoms with E-state index in [0.717, 1.165) is 44.9 Å². The van der Waals surface area contributed by atoms with Crippen molar-refractivity contribution in [1.82, 2.24) is 10.6 Å². The molecule has 0 unspecified atom stereocenters. The summed E-state index contributed by atoms with van der Waals surface area (Å²) in [5.74, 6) is 0.112. The molecule has 0 aromatic heterocycles. The van der Waals surface area contributed by atoms with Crippen molar-refractivity contribution in [3.05, 3.63) is 0 Å². The Kier molecular flexibility index (Phi) is 6.45. The average Bonchev–Trinajstić information content (AvgIpc) is 2.38. The van der Waals surface area contributed by atoms with Crippen molar-refractivity contribution in [2.45, 2.75) is 63.8 Å². The van der Waals surface area contributed by atoms with E-state index < -0.39 is 5.54 Å². The van der Waals surface area contributed by atoms with Crippen LogP contribution in [0.5, 0.6) is 0 Å². The van der Waals surface area contributed by atoms with E-state index in [4.69, 9.17) is 10.9 Å². The Balaban J connectivity index is 2.76. The van der Waals surface area contributed by atoms with Crippen LogP contribution >= 0.6 is 0 Å². The first kappa shape index (κ1) is 15.6. The minimum absolute atomic E-state index is 0.112. The maximum atomic E-state index is 11.9. The van der Waals surface area contributed by atoms with Crippen LogP contribution in [0.25, 0.3) is 0 Å². The lowest BCUT2D eigenvalue weighted by atomic mass is 9.83. The highest BCUT2D eigenvalue weighted by Gasteiger charge is 2.36. The van der Waals surface area contributed by atoms with Gasteiger partial charge in [-0.3, -0.25) is 0 Å². The molecule has 0 aliphatic heterocycles. The first-order valence-electron chi connectivity index (χ1n) is 7.18. The summed E-state index contributed by atoms with van der Waals surface area (Å²) in [6.45, 7) is 2.62. The fourth-order valence-corrected chi connectivity index (χ4v) is 2.55. The molecule has 19 heavy (non-hydrogen) atoms. The van der Waals surface area contributed by atoms with Crippen molar-refractivity contribution in [3.8, 4) is 0 Å². The Hall–Kier alpha value is -1.46. The van der Waals surface area contributed by atoms with E-state index in [-0.39, 0.29) is 11.9 Å². The predicted octanol–water partition coefficient (Wildman–Crippen LogP) is 1.93. The second-order valence-electron chi connectivity index (χ2n) is 5.22. The van der Waals surface area contributed by atoms with Gasteiger partial charge in [0.15, 0.2) is 5.84 Å². The Morgan fingerprint density at radius 3 is 2.37 bits per heavy atom. The Morgan fingerprint density at radius 2 is 1.84 bits per heavy atom. The zero-order chi connectivity index (χ0) is 14.1. The molecule has 1 fully saturated rings. The summed E-state index contributed by atoms with van der Waals surface area (Å²) in [5.41, 5.74) is 5.14. The average molecular weight is 270 g/mol. The van der Waals surface area contributed by atoms with Crippen molar-refractivity contribution in [3.63, 3.8) is 0 Å². The maximum Gasteiger partial charge on any atom is 0.315 e. The van der Waals surface area contributed by atoms with Crippen molar-refractivity contribution in [2.75, 3.05) is 6.54 Å². The standard InChI is InChI=1S/C13H26N4O2/c1-2-10-15-12(18)16-13(11(14)17-19)8-6-4-3-5-7-9-13/h19H,2-10H2,1H3,(H2,14,17)(H2,15,16,18). The number of urea groups is 1. The molecule has 110 valence electrons. The van der Waals surface area contributed by atoms with E-state index in [1.54, 1.807) is 0 Å². The highest BCUT2D eigenvalue weighted by molar-refractivity contribution is 5.93. The summed E-state index contributed by atoms with van der Waals surface area (Å²) in [6.07, 6.45) is 7.75. The maximum absolute atomic E-state index is 11.9. The van der Waals surface area contributed by atoms with Crippen LogP contribution in [0.3, 0.4) is 0 Å². The fourth-order valence-electron chi connectivity index (χ4n) is 2.55. The molecule has 1 rings (SSSR count). The van der Waals surface area contributed by atoms with Gasteiger partial charge in [-0.05, 0) is 19.3 Å². The van der Waals surface area contributed by atoms with Gasteiger partial charge in [-0.25, -0.2) is 4.79 Å². The van der Waals surface area contributed by atoms with Crippen LogP contribution in [-0.2, 0) is 0 Å². The molecule has 0 heterocycles. The first-order chi connectivity index (χ1) is 9.14. The third-order valence-corrected chi connectivity index (χ3v) is 3.69. The van der Waals surface area contributed by atoms with Crippen LogP contribution in [0.4, 0.5) is 4.79 Å². The van der Waals surface area contributed by atoms with Gasteiger partial charge in [0.1, 0.15) is 5.54 Å². The number of carbonyl (C=O) groups excluding carboxylic acids is 1. The molecule has 6 nitrogen and oxygen atoms in total. The molecule has 0 aromatic rings. The molecule has 0 saturated heterocycles. The van der Waals surface area contributed by atoms with Crippen LogP contribution in [0.2, 0.25) is 0 Å². The molecule has 2 amide bonds. The van der Waals surface area contributed by atoms with E-state index in [2.05, 4.69) is 15.8 Å². The molecular formula is C13H26N4O2. The minimum atomic E-state index is -0.701. The number of rotatable bonds is 4. The zero-order valence-electron chi connectivity index (χ0n) is 11.7. The van der Waals surface area contributed by atoms with Gasteiger partial charge in [-0.2, -0.15) is 0 Å². The van der Waals surface area contributed by atoms with Crippen molar-refractivity contribution < 1.29 is 10.0 Å². The van der Waals surface area contributed by atoms with Gasteiger partial charge in [0.05, 0.1) is 0 Å². The van der Waals surface area contributed by atoms with Gasteiger partial charge in [0, 0.05) is 6.54 Å². The number of oxime groups is 1. The molecule has 6 heteroatoms. The molecule has 1 aliphatic rings. The number of nitrogens with zero attached hydrogens (tertiary/aromatic N) is 1. The molecule has 0 aromatic carbocycles. The van der Waals surface area contributed by atoms with E-state index in [1.165, 1.54) is 6.42 Å². The van der Waals surface area contributed by atoms with Gasteiger partial charge in [0.2, 0.25) is 0 Å². The summed E-state index contributed by atoms with van der Waals surface area (Å²) in [7, 11) is 0. The predicted molar refractivity (Wildman–Crippen MR) is 75.3 cm³/mol. The number of amides is 2. The fraction of sp³-hybridized carbons (Fsp3) is 0.846. The quantitative estimate of drug-likeness (QED) is 0.272. The Labute approximate surface area is 114 Å². The monoisotopic (exact) mass is 270 g/mol. The van der Waals surface area contributed by atoms with Crippen LogP contribution in [0, 0.1) is 0 Å². The zero-order valence-corrected chi connectivity index (χ0v) is 11.7. The number of nitrogens with one attached hydrogen (secondary N) is 2. The normalized spacial score (nSPS) is 20.2. The molecule has 0 atom stereocenters. The van der Waals surface area contributed by atoms with Crippen LogP contribution in [0.15, 0.2) is 5.16 Å². The molecule has 1 saturated carbocycles. The molecule has 1 aliphatic carbocycles. The SMILES string of the molecule is CCCNC(=O)NC1(/C(N)=N/O)CCCCCCC1. The first-order valence-corrected chi connectivity index (χ1v) is 7.18. The highest BCUT2D eigenvalue weighted by atomic mass is 16.4. The molecular weight excluding hydrogens is 244 g/mol. The second kappa shape index (κ2) is 7.86. The van der Waals surface area contributed by atoms with Crippen molar-refractivity contribution in [2.24, 2.45) is 10.9 Å². The van der Waals surface area contributed by atoms with Gasteiger partial charge in [0.25, 0.3) is 0 Å². The van der Waals surface area contributed by atoms with Gasteiger partial charge in [-0.1, -0.05) is 44.2 Å². The van der Waals surface area contributed by atoms with Crippen LogP contribution in [0.1, 0.15) is 58.3 Å². The minimum Gasteiger partial charge on any atom is -0.409 e. The molecule has 0 bridgehead atoms. The highest BCUT2D eigenvalue weighted by Crippen LogP contribution is 2.26. The van der Waals surface area contributed by atoms with Gasteiger partial charge < -0.3 is 21.6 Å². The number of hydrogen-bond donors (Lipinski definition) is 4. The number of hydrogen-bond acceptors (Lipinski definition) is 3. The summed E-state index contributed by atoms with van der Waals surface area (Å²) in [4.78, 5) is 11.9. The van der Waals surface area contributed by atoms with Gasteiger partial charge in [-0.15, -0.1) is 0 Å². The lowest BCUT2D eigenvalue weighted by Crippen LogP contribution is -2.60. The molecule has 0 spiro atoms. The number of amidine groups is 1. The smallest absolute Gasteiger partial charge is 0.315 e.